The quantitative estimate of drug-likeness (QED) is 0.328. The molecule has 12 nitrogen and oxygen atoms in total. The third-order valence-corrected chi connectivity index (χ3v) is 6.32. The van der Waals surface area contributed by atoms with Crippen LogP contribution in [0.3, 0.4) is 0 Å². The molecule has 1 amide bonds. The second kappa shape index (κ2) is 11.8. The van der Waals surface area contributed by atoms with Crippen LogP contribution in [0.4, 0.5) is 17.5 Å². The van der Waals surface area contributed by atoms with Crippen molar-refractivity contribution in [2.45, 2.75) is 19.8 Å². The summed E-state index contributed by atoms with van der Waals surface area (Å²) in [6, 6.07) is 5.28. The first kappa shape index (κ1) is 26.0. The molecule has 1 aliphatic heterocycles. The zero-order chi connectivity index (χ0) is 26.4. The van der Waals surface area contributed by atoms with Crippen LogP contribution in [0.25, 0.3) is 5.65 Å². The van der Waals surface area contributed by atoms with Gasteiger partial charge >= 0.3 is 5.97 Å². The van der Waals surface area contributed by atoms with Crippen molar-refractivity contribution < 1.29 is 23.8 Å². The average molecular weight is 512 g/mol. The second-order valence-corrected chi connectivity index (χ2v) is 8.78. The summed E-state index contributed by atoms with van der Waals surface area (Å²) in [5.74, 6) is 1.52. The molecular formula is C25H33N7O5. The lowest BCUT2D eigenvalue weighted by Gasteiger charge is -2.31. The maximum absolute atomic E-state index is 12.4. The Morgan fingerprint density at radius 2 is 1.84 bits per heavy atom. The van der Waals surface area contributed by atoms with Crippen molar-refractivity contribution in [1.29, 1.82) is 0 Å². The van der Waals surface area contributed by atoms with Gasteiger partial charge in [0.05, 0.1) is 27.4 Å². The molecule has 1 fully saturated rings. The van der Waals surface area contributed by atoms with Gasteiger partial charge < -0.3 is 30.6 Å². The molecule has 2 aromatic heterocycles. The van der Waals surface area contributed by atoms with Crippen LogP contribution in [0.15, 0.2) is 30.6 Å². The van der Waals surface area contributed by atoms with Gasteiger partial charge in [-0.3, -0.25) is 18.9 Å². The Hall–Kier alpha value is -4.06. The lowest BCUT2D eigenvalue weighted by molar-refractivity contribution is -0.144. The summed E-state index contributed by atoms with van der Waals surface area (Å²) in [4.78, 5) is 35.4. The number of likely N-dealkylation sites (tertiary alicyclic amines) is 1. The predicted molar refractivity (Wildman–Crippen MR) is 139 cm³/mol. The number of hydrogen-bond donors (Lipinski definition) is 3. The van der Waals surface area contributed by atoms with E-state index in [9.17, 15) is 9.59 Å². The number of nitrogens with zero attached hydrogens (tertiary/aromatic N) is 4. The van der Waals surface area contributed by atoms with Gasteiger partial charge in [0, 0.05) is 42.8 Å². The first-order chi connectivity index (χ1) is 17.9. The van der Waals surface area contributed by atoms with Crippen molar-refractivity contribution in [3.05, 3.63) is 36.2 Å². The highest BCUT2D eigenvalue weighted by Crippen LogP contribution is 2.30. The monoisotopic (exact) mass is 511 g/mol. The molecule has 1 saturated heterocycles. The minimum atomic E-state index is -0.651. The second-order valence-electron chi connectivity index (χ2n) is 8.78. The van der Waals surface area contributed by atoms with E-state index in [1.165, 1.54) is 0 Å². The van der Waals surface area contributed by atoms with Gasteiger partial charge in [0.2, 0.25) is 5.95 Å². The maximum Gasteiger partial charge on any atom is 0.320 e. The number of anilines is 3. The number of nitrogens with two attached hydrogens (primary N) is 1. The number of benzene rings is 1. The number of carbonyl (C=O) groups is 2. The first-order valence-electron chi connectivity index (χ1n) is 12.2. The summed E-state index contributed by atoms with van der Waals surface area (Å²) in [7, 11) is 3.12. The van der Waals surface area contributed by atoms with Crippen LogP contribution >= 0.6 is 0 Å². The Kier molecular flexibility index (Phi) is 8.29. The van der Waals surface area contributed by atoms with E-state index in [2.05, 4.69) is 20.5 Å². The van der Waals surface area contributed by atoms with Crippen LogP contribution in [0.2, 0.25) is 0 Å². The number of imidazole rings is 1. The van der Waals surface area contributed by atoms with Crippen LogP contribution in [0.1, 0.15) is 30.1 Å². The number of methoxy groups -OCH3 is 2. The van der Waals surface area contributed by atoms with Gasteiger partial charge in [0.25, 0.3) is 5.91 Å². The number of nitrogens with one attached hydrogen (secondary N) is 2. The lowest BCUT2D eigenvalue weighted by atomic mass is 9.97. The van der Waals surface area contributed by atoms with Crippen molar-refractivity contribution in [3.8, 4) is 11.5 Å². The molecule has 198 valence electrons. The molecule has 0 radical (unpaired) electrons. The maximum atomic E-state index is 12.4. The molecule has 3 heterocycles. The Morgan fingerprint density at radius 3 is 2.46 bits per heavy atom. The molecule has 0 aliphatic carbocycles. The third-order valence-electron chi connectivity index (χ3n) is 6.32. The van der Waals surface area contributed by atoms with E-state index in [4.69, 9.17) is 24.9 Å². The van der Waals surface area contributed by atoms with Gasteiger partial charge in [-0.2, -0.15) is 4.98 Å². The Labute approximate surface area is 215 Å². The summed E-state index contributed by atoms with van der Waals surface area (Å²) in [5.41, 5.74) is 6.91. The van der Waals surface area contributed by atoms with E-state index in [1.54, 1.807) is 49.2 Å². The molecule has 0 bridgehead atoms. The van der Waals surface area contributed by atoms with Crippen molar-refractivity contribution in [1.82, 2.24) is 19.3 Å². The predicted octanol–water partition coefficient (Wildman–Crippen LogP) is 2.28. The summed E-state index contributed by atoms with van der Waals surface area (Å²) in [6.45, 7) is 4.85. The van der Waals surface area contributed by atoms with Gasteiger partial charge in [-0.25, -0.2) is 4.98 Å². The summed E-state index contributed by atoms with van der Waals surface area (Å²) in [6.07, 6.45) is 5.21. The van der Waals surface area contributed by atoms with E-state index < -0.39 is 5.91 Å². The molecule has 0 atom stereocenters. The standard InChI is InChI=1S/C25H33N7O5/c1-4-37-20(33)15-31-8-5-16(6-9-31)14-28-25-30-23(21(22(26)34)24-27-7-10-32(24)25)29-17-11-18(35-2)13-19(12-17)36-3/h7,10-13,16,29H,4-6,8-9,14-15H2,1-3H3,(H2,26,34)(H,28,30). The van der Waals surface area contributed by atoms with E-state index in [0.717, 1.165) is 25.9 Å². The number of amides is 1. The zero-order valence-electron chi connectivity index (χ0n) is 21.3. The number of piperidine rings is 1. The molecule has 1 aliphatic rings. The average Bonchev–Trinajstić information content (AvgIpc) is 3.37. The molecule has 37 heavy (non-hydrogen) atoms. The number of esters is 1. The summed E-state index contributed by atoms with van der Waals surface area (Å²) in [5, 5.41) is 6.60. The number of hydrogen-bond acceptors (Lipinski definition) is 10. The SMILES string of the molecule is CCOC(=O)CN1CCC(CNc2nc(Nc3cc(OC)cc(OC)c3)c(C(N)=O)c3nccn23)CC1. The number of carbonyl (C=O) groups excluding carboxylic acids is 2. The van der Waals surface area contributed by atoms with Gasteiger partial charge in [-0.1, -0.05) is 0 Å². The highest BCUT2D eigenvalue weighted by Gasteiger charge is 2.23. The van der Waals surface area contributed by atoms with Gasteiger partial charge in [-0.05, 0) is 38.8 Å². The smallest absolute Gasteiger partial charge is 0.320 e. The highest BCUT2D eigenvalue weighted by molar-refractivity contribution is 6.04. The molecule has 12 heteroatoms. The topological polar surface area (TPSA) is 145 Å². The van der Waals surface area contributed by atoms with Gasteiger partial charge in [-0.15, -0.1) is 0 Å². The number of fused-ring (bicyclic) bond motifs is 1. The fraction of sp³-hybridized carbons (Fsp3) is 0.440. The molecule has 1 aromatic carbocycles. The Morgan fingerprint density at radius 1 is 1.14 bits per heavy atom. The van der Waals surface area contributed by atoms with Crippen LogP contribution in [-0.2, 0) is 9.53 Å². The largest absolute Gasteiger partial charge is 0.497 e. The van der Waals surface area contributed by atoms with Crippen LogP contribution < -0.4 is 25.8 Å². The van der Waals surface area contributed by atoms with Crippen molar-refractivity contribution in [2.75, 3.05) is 57.6 Å². The molecule has 0 unspecified atom stereocenters. The van der Waals surface area contributed by atoms with Crippen LogP contribution in [-0.4, -0.2) is 78.2 Å². The number of rotatable bonds is 11. The molecule has 4 rings (SSSR count). The Bertz CT molecular complexity index is 1230. The molecule has 4 N–H and O–H groups in total. The molecular weight excluding hydrogens is 478 g/mol. The normalized spacial score (nSPS) is 14.4. The lowest BCUT2D eigenvalue weighted by Crippen LogP contribution is -2.39. The van der Waals surface area contributed by atoms with Crippen molar-refractivity contribution >= 4 is 35.0 Å². The fourth-order valence-corrected chi connectivity index (χ4v) is 4.41. The van der Waals surface area contributed by atoms with Crippen LogP contribution in [0.5, 0.6) is 11.5 Å². The highest BCUT2D eigenvalue weighted by atomic mass is 16.5. The van der Waals surface area contributed by atoms with Crippen molar-refractivity contribution in [3.63, 3.8) is 0 Å². The fourth-order valence-electron chi connectivity index (χ4n) is 4.41. The van der Waals surface area contributed by atoms with Gasteiger partial charge in [0.15, 0.2) is 11.5 Å². The van der Waals surface area contributed by atoms with E-state index in [0.29, 0.717) is 54.4 Å². The van der Waals surface area contributed by atoms with Crippen LogP contribution in [0, 0.1) is 5.92 Å². The Balaban J connectivity index is 1.52. The summed E-state index contributed by atoms with van der Waals surface area (Å²) < 4.78 is 17.5. The zero-order valence-corrected chi connectivity index (χ0v) is 21.3. The summed E-state index contributed by atoms with van der Waals surface area (Å²) >= 11 is 0. The number of aromatic nitrogens is 3. The molecule has 0 saturated carbocycles. The number of primary amides is 1. The minimum Gasteiger partial charge on any atom is -0.497 e. The van der Waals surface area contributed by atoms with E-state index in [1.807, 2.05) is 6.92 Å². The number of ether oxygens (including phenoxy) is 3. The first-order valence-corrected chi connectivity index (χ1v) is 12.2. The third kappa shape index (κ3) is 6.20. The molecule has 3 aromatic rings. The van der Waals surface area contributed by atoms with Crippen molar-refractivity contribution in [2.24, 2.45) is 11.7 Å². The molecule has 0 spiro atoms. The minimum absolute atomic E-state index is 0.171. The van der Waals surface area contributed by atoms with Gasteiger partial charge in [0.1, 0.15) is 17.1 Å². The van der Waals surface area contributed by atoms with E-state index in [-0.39, 0.29) is 17.4 Å². The van der Waals surface area contributed by atoms with E-state index >= 15 is 0 Å².